The average molecular weight is 232 g/mol. The molecule has 3 N–H and O–H groups in total. The van der Waals surface area contributed by atoms with E-state index in [2.05, 4.69) is 0 Å². The monoisotopic (exact) mass is 231 g/mol. The van der Waals surface area contributed by atoms with Gasteiger partial charge in [-0.3, -0.25) is 0 Å². The van der Waals surface area contributed by atoms with Crippen molar-refractivity contribution in [3.05, 3.63) is 52.5 Å². The molecule has 1 aliphatic rings. The highest BCUT2D eigenvalue weighted by Gasteiger charge is 2.27. The van der Waals surface area contributed by atoms with E-state index in [4.69, 9.17) is 17.3 Å². The van der Waals surface area contributed by atoms with Gasteiger partial charge < -0.3 is 10.8 Å². The van der Waals surface area contributed by atoms with Crippen LogP contribution in [-0.2, 0) is 0 Å². The highest BCUT2D eigenvalue weighted by molar-refractivity contribution is 6.30. The Morgan fingerprint density at radius 3 is 2.75 bits per heavy atom. The highest BCUT2D eigenvalue weighted by Crippen LogP contribution is 2.46. The summed E-state index contributed by atoms with van der Waals surface area (Å²) in [5.74, 6) is 0.272. The van der Waals surface area contributed by atoms with Crippen molar-refractivity contribution in [2.75, 3.05) is 0 Å². The van der Waals surface area contributed by atoms with Gasteiger partial charge in [-0.1, -0.05) is 29.8 Å². The van der Waals surface area contributed by atoms with Crippen LogP contribution in [0, 0.1) is 0 Å². The number of halogens is 1. The lowest BCUT2D eigenvalue weighted by Crippen LogP contribution is -2.07. The molecule has 0 fully saturated rings. The SMILES string of the molecule is NC1c2cc(Cl)ccc2-c2c(O)cccc21. The Kier molecular flexibility index (Phi) is 1.96. The predicted octanol–water partition coefficient (Wildman–Crippen LogP) is 3.07. The van der Waals surface area contributed by atoms with Crippen molar-refractivity contribution in [2.45, 2.75) is 6.04 Å². The number of aromatic hydroxyl groups is 1. The van der Waals surface area contributed by atoms with E-state index in [1.54, 1.807) is 6.07 Å². The molecule has 0 spiro atoms. The third-order valence-electron chi connectivity index (χ3n) is 3.03. The van der Waals surface area contributed by atoms with Gasteiger partial charge in [0.25, 0.3) is 0 Å². The summed E-state index contributed by atoms with van der Waals surface area (Å²) in [7, 11) is 0. The maximum atomic E-state index is 9.88. The predicted molar refractivity (Wildman–Crippen MR) is 64.6 cm³/mol. The van der Waals surface area contributed by atoms with Crippen LogP contribution in [0.4, 0.5) is 0 Å². The van der Waals surface area contributed by atoms with Crippen molar-refractivity contribution in [1.82, 2.24) is 0 Å². The van der Waals surface area contributed by atoms with Gasteiger partial charge in [0.2, 0.25) is 0 Å². The first-order valence-electron chi connectivity index (χ1n) is 5.06. The molecule has 2 nitrogen and oxygen atoms in total. The van der Waals surface area contributed by atoms with Gasteiger partial charge in [0.15, 0.2) is 0 Å². The van der Waals surface area contributed by atoms with Gasteiger partial charge >= 0.3 is 0 Å². The second-order valence-electron chi connectivity index (χ2n) is 3.95. The zero-order valence-corrected chi connectivity index (χ0v) is 9.20. The zero-order valence-electron chi connectivity index (χ0n) is 8.44. The van der Waals surface area contributed by atoms with E-state index in [0.717, 1.165) is 22.3 Å². The van der Waals surface area contributed by atoms with Crippen LogP contribution in [-0.4, -0.2) is 5.11 Å². The molecule has 1 atom stereocenters. The summed E-state index contributed by atoms with van der Waals surface area (Å²) in [6.07, 6.45) is 0. The van der Waals surface area contributed by atoms with Crippen molar-refractivity contribution in [3.8, 4) is 16.9 Å². The van der Waals surface area contributed by atoms with Crippen LogP contribution < -0.4 is 5.73 Å². The van der Waals surface area contributed by atoms with Crippen molar-refractivity contribution >= 4 is 11.6 Å². The Bertz CT molecular complexity index is 580. The summed E-state index contributed by atoms with van der Waals surface area (Å²) in [6, 6.07) is 10.8. The molecule has 0 bridgehead atoms. The minimum absolute atomic E-state index is 0.198. The normalized spacial score (nSPS) is 17.0. The lowest BCUT2D eigenvalue weighted by atomic mass is 10.1. The number of benzene rings is 2. The fourth-order valence-corrected chi connectivity index (χ4v) is 2.48. The molecule has 80 valence electrons. The number of phenolic OH excluding ortho intramolecular Hbond substituents is 1. The maximum Gasteiger partial charge on any atom is 0.123 e. The molecule has 2 aromatic rings. The van der Waals surface area contributed by atoms with Gasteiger partial charge in [0.1, 0.15) is 5.75 Å². The Hall–Kier alpha value is -1.51. The van der Waals surface area contributed by atoms with Crippen LogP contribution >= 0.6 is 11.6 Å². The van der Waals surface area contributed by atoms with Crippen LogP contribution in [0.2, 0.25) is 5.02 Å². The minimum atomic E-state index is -0.198. The fourth-order valence-electron chi connectivity index (χ4n) is 2.30. The second kappa shape index (κ2) is 3.24. The average Bonchev–Trinajstić information content (AvgIpc) is 2.55. The topological polar surface area (TPSA) is 46.2 Å². The zero-order chi connectivity index (χ0) is 11.3. The molecule has 0 radical (unpaired) electrons. The third-order valence-corrected chi connectivity index (χ3v) is 3.26. The van der Waals surface area contributed by atoms with Crippen LogP contribution in [0.3, 0.4) is 0 Å². The molecule has 3 heteroatoms. The molecule has 0 aliphatic heterocycles. The number of phenols is 1. The Balaban J connectivity index is 2.36. The van der Waals surface area contributed by atoms with Gasteiger partial charge in [0, 0.05) is 10.6 Å². The van der Waals surface area contributed by atoms with Gasteiger partial charge in [-0.25, -0.2) is 0 Å². The Morgan fingerprint density at radius 2 is 1.94 bits per heavy atom. The van der Waals surface area contributed by atoms with E-state index < -0.39 is 0 Å². The molecule has 2 aromatic carbocycles. The minimum Gasteiger partial charge on any atom is -0.507 e. The first-order valence-corrected chi connectivity index (χ1v) is 5.43. The van der Waals surface area contributed by atoms with Gasteiger partial charge in [-0.05, 0) is 34.9 Å². The van der Waals surface area contributed by atoms with Crippen molar-refractivity contribution in [3.63, 3.8) is 0 Å². The molecular formula is C13H10ClNO. The molecule has 1 aliphatic carbocycles. The molecule has 3 rings (SSSR count). The summed E-state index contributed by atoms with van der Waals surface area (Å²) in [6.45, 7) is 0. The molecule has 0 aromatic heterocycles. The lowest BCUT2D eigenvalue weighted by molar-refractivity contribution is 0.477. The fraction of sp³-hybridized carbons (Fsp3) is 0.0769. The van der Waals surface area contributed by atoms with E-state index in [0.29, 0.717) is 5.02 Å². The molecule has 0 saturated heterocycles. The smallest absolute Gasteiger partial charge is 0.123 e. The number of rotatable bonds is 0. The van der Waals surface area contributed by atoms with Crippen LogP contribution in [0.5, 0.6) is 5.75 Å². The van der Waals surface area contributed by atoms with Crippen molar-refractivity contribution < 1.29 is 5.11 Å². The van der Waals surface area contributed by atoms with Crippen LogP contribution in [0.1, 0.15) is 17.2 Å². The molecule has 0 amide bonds. The quantitative estimate of drug-likeness (QED) is 0.732. The number of hydrogen-bond acceptors (Lipinski definition) is 2. The highest BCUT2D eigenvalue weighted by atomic mass is 35.5. The molecular weight excluding hydrogens is 222 g/mol. The van der Waals surface area contributed by atoms with E-state index in [1.807, 2.05) is 30.3 Å². The first-order chi connectivity index (χ1) is 7.68. The van der Waals surface area contributed by atoms with E-state index in [9.17, 15) is 5.11 Å². The largest absolute Gasteiger partial charge is 0.507 e. The van der Waals surface area contributed by atoms with Gasteiger partial charge in [-0.2, -0.15) is 0 Å². The third kappa shape index (κ3) is 1.17. The first kappa shape index (κ1) is 9.70. The summed E-state index contributed by atoms with van der Waals surface area (Å²) in [5, 5.41) is 10.5. The van der Waals surface area contributed by atoms with E-state index in [1.165, 1.54) is 0 Å². The summed E-state index contributed by atoms with van der Waals surface area (Å²) >= 11 is 5.95. The van der Waals surface area contributed by atoms with Crippen LogP contribution in [0.25, 0.3) is 11.1 Å². The Labute approximate surface area is 98.3 Å². The molecule has 1 unspecified atom stereocenters. The maximum absolute atomic E-state index is 9.88. The van der Waals surface area contributed by atoms with E-state index >= 15 is 0 Å². The lowest BCUT2D eigenvalue weighted by Gasteiger charge is -2.06. The molecule has 0 heterocycles. The van der Waals surface area contributed by atoms with Gasteiger partial charge in [0.05, 0.1) is 6.04 Å². The Morgan fingerprint density at radius 1 is 1.12 bits per heavy atom. The number of hydrogen-bond donors (Lipinski definition) is 2. The summed E-state index contributed by atoms with van der Waals surface area (Å²) < 4.78 is 0. The van der Waals surface area contributed by atoms with E-state index in [-0.39, 0.29) is 11.8 Å². The number of nitrogens with two attached hydrogens (primary N) is 1. The molecule has 0 saturated carbocycles. The second-order valence-corrected chi connectivity index (χ2v) is 4.39. The van der Waals surface area contributed by atoms with Crippen molar-refractivity contribution in [2.24, 2.45) is 5.73 Å². The van der Waals surface area contributed by atoms with Gasteiger partial charge in [-0.15, -0.1) is 0 Å². The van der Waals surface area contributed by atoms with Crippen molar-refractivity contribution in [1.29, 1.82) is 0 Å². The summed E-state index contributed by atoms with van der Waals surface area (Å²) in [5.41, 5.74) is 9.87. The van der Waals surface area contributed by atoms with Crippen LogP contribution in [0.15, 0.2) is 36.4 Å². The standard InChI is InChI=1S/C13H10ClNO/c14-7-4-5-8-10(6-7)13(15)9-2-1-3-11(16)12(8)9/h1-6,13,16H,15H2. The summed E-state index contributed by atoms with van der Waals surface area (Å²) in [4.78, 5) is 0. The number of fused-ring (bicyclic) bond motifs is 3. The molecule has 16 heavy (non-hydrogen) atoms.